The summed E-state index contributed by atoms with van der Waals surface area (Å²) in [5.74, 6) is 0.621. The Morgan fingerprint density at radius 3 is 2.53 bits per heavy atom. The van der Waals surface area contributed by atoms with Crippen molar-refractivity contribution < 1.29 is 8.42 Å². The van der Waals surface area contributed by atoms with Crippen molar-refractivity contribution in [3.63, 3.8) is 0 Å². The number of likely N-dealkylation sites (tertiary alicyclic amines) is 1. The van der Waals surface area contributed by atoms with E-state index < -0.39 is 10.0 Å². The summed E-state index contributed by atoms with van der Waals surface area (Å²) >= 11 is 0. The fraction of sp³-hybridized carbons (Fsp3) is 1.00. The van der Waals surface area contributed by atoms with Gasteiger partial charge in [0.05, 0.1) is 5.75 Å². The molecule has 19 heavy (non-hydrogen) atoms. The molecule has 0 aromatic rings. The first-order chi connectivity index (χ1) is 9.03. The largest absolute Gasteiger partial charge is 0.320 e. The summed E-state index contributed by atoms with van der Waals surface area (Å²) in [6.45, 7) is 6.89. The Morgan fingerprint density at radius 1 is 1.21 bits per heavy atom. The van der Waals surface area contributed by atoms with Crippen molar-refractivity contribution in [3.8, 4) is 0 Å². The fourth-order valence-corrected chi connectivity index (χ4v) is 3.67. The van der Waals surface area contributed by atoms with Crippen LogP contribution in [-0.2, 0) is 10.0 Å². The Kier molecular flexibility index (Phi) is 7.90. The van der Waals surface area contributed by atoms with E-state index in [-0.39, 0.29) is 5.75 Å². The maximum atomic E-state index is 11.8. The Labute approximate surface area is 118 Å². The van der Waals surface area contributed by atoms with Gasteiger partial charge in [-0.05, 0) is 58.3 Å². The SMILES string of the molecule is CNCCCCS(=O)(=O)NCC(C)CN1CCCC1. The van der Waals surface area contributed by atoms with E-state index in [9.17, 15) is 8.42 Å². The van der Waals surface area contributed by atoms with Crippen molar-refractivity contribution in [1.82, 2.24) is 14.9 Å². The Balaban J connectivity index is 2.14. The lowest BCUT2D eigenvalue weighted by Gasteiger charge is -2.20. The van der Waals surface area contributed by atoms with E-state index in [2.05, 4.69) is 21.9 Å². The van der Waals surface area contributed by atoms with Gasteiger partial charge in [0, 0.05) is 13.1 Å². The van der Waals surface area contributed by atoms with Gasteiger partial charge in [-0.25, -0.2) is 13.1 Å². The first kappa shape index (κ1) is 16.9. The molecule has 1 heterocycles. The van der Waals surface area contributed by atoms with E-state index in [1.54, 1.807) is 0 Å². The third kappa shape index (κ3) is 7.87. The van der Waals surface area contributed by atoms with Crippen molar-refractivity contribution in [2.45, 2.75) is 32.6 Å². The molecule has 114 valence electrons. The van der Waals surface area contributed by atoms with Crippen molar-refractivity contribution in [2.24, 2.45) is 5.92 Å². The van der Waals surface area contributed by atoms with Crippen LogP contribution in [-0.4, -0.2) is 58.8 Å². The van der Waals surface area contributed by atoms with Crippen LogP contribution < -0.4 is 10.0 Å². The van der Waals surface area contributed by atoms with Crippen LogP contribution in [0.3, 0.4) is 0 Å². The number of sulfonamides is 1. The highest BCUT2D eigenvalue weighted by atomic mass is 32.2. The second kappa shape index (κ2) is 8.89. The number of nitrogens with zero attached hydrogens (tertiary/aromatic N) is 1. The highest BCUT2D eigenvalue weighted by Crippen LogP contribution is 2.09. The zero-order valence-electron chi connectivity index (χ0n) is 12.3. The average molecular weight is 291 g/mol. The lowest BCUT2D eigenvalue weighted by molar-refractivity contribution is 0.288. The molecule has 6 heteroatoms. The monoisotopic (exact) mass is 291 g/mol. The molecule has 0 aliphatic carbocycles. The van der Waals surface area contributed by atoms with Crippen molar-refractivity contribution in [2.75, 3.05) is 45.5 Å². The molecule has 0 amide bonds. The maximum absolute atomic E-state index is 11.8. The number of rotatable bonds is 10. The van der Waals surface area contributed by atoms with Crippen LogP contribution in [0, 0.1) is 5.92 Å². The van der Waals surface area contributed by atoms with Crippen LogP contribution >= 0.6 is 0 Å². The zero-order chi connectivity index (χ0) is 14.1. The van der Waals surface area contributed by atoms with Crippen LogP contribution in [0.4, 0.5) is 0 Å². The summed E-state index contributed by atoms with van der Waals surface area (Å²) in [6.07, 6.45) is 4.19. The van der Waals surface area contributed by atoms with Crippen LogP contribution in [0.5, 0.6) is 0 Å². The second-order valence-electron chi connectivity index (χ2n) is 5.59. The van der Waals surface area contributed by atoms with E-state index >= 15 is 0 Å². The molecule has 1 saturated heterocycles. The molecule has 0 bridgehead atoms. The molecule has 0 aromatic carbocycles. The molecule has 1 aliphatic heterocycles. The van der Waals surface area contributed by atoms with Gasteiger partial charge in [-0.2, -0.15) is 0 Å². The van der Waals surface area contributed by atoms with Gasteiger partial charge >= 0.3 is 0 Å². The summed E-state index contributed by atoms with van der Waals surface area (Å²) in [5.41, 5.74) is 0. The van der Waals surface area contributed by atoms with Gasteiger partial charge in [0.1, 0.15) is 0 Å². The van der Waals surface area contributed by atoms with E-state index in [0.717, 1.165) is 25.9 Å². The summed E-state index contributed by atoms with van der Waals surface area (Å²) in [5, 5.41) is 3.02. The normalized spacial score (nSPS) is 18.8. The smallest absolute Gasteiger partial charge is 0.211 e. The molecule has 0 aromatic heterocycles. The topological polar surface area (TPSA) is 61.4 Å². The van der Waals surface area contributed by atoms with Crippen LogP contribution in [0.25, 0.3) is 0 Å². The lowest BCUT2D eigenvalue weighted by atomic mass is 10.2. The zero-order valence-corrected chi connectivity index (χ0v) is 13.1. The molecular weight excluding hydrogens is 262 g/mol. The van der Waals surface area contributed by atoms with Gasteiger partial charge in [-0.1, -0.05) is 6.92 Å². The highest BCUT2D eigenvalue weighted by molar-refractivity contribution is 7.89. The molecule has 1 atom stereocenters. The molecule has 1 fully saturated rings. The van der Waals surface area contributed by atoms with E-state index in [1.807, 2.05) is 7.05 Å². The minimum absolute atomic E-state index is 0.241. The predicted molar refractivity (Wildman–Crippen MR) is 79.8 cm³/mol. The van der Waals surface area contributed by atoms with E-state index in [0.29, 0.717) is 12.5 Å². The minimum atomic E-state index is -3.09. The number of hydrogen-bond acceptors (Lipinski definition) is 4. The van der Waals surface area contributed by atoms with Crippen molar-refractivity contribution in [3.05, 3.63) is 0 Å². The molecule has 1 aliphatic rings. The second-order valence-corrected chi connectivity index (χ2v) is 7.52. The number of unbranched alkanes of at least 4 members (excludes halogenated alkanes) is 1. The van der Waals surface area contributed by atoms with Crippen LogP contribution in [0.15, 0.2) is 0 Å². The summed E-state index contributed by atoms with van der Waals surface area (Å²) in [6, 6.07) is 0. The maximum Gasteiger partial charge on any atom is 0.211 e. The summed E-state index contributed by atoms with van der Waals surface area (Å²) in [7, 11) is -1.21. The fourth-order valence-electron chi connectivity index (χ4n) is 2.41. The van der Waals surface area contributed by atoms with Crippen LogP contribution in [0.2, 0.25) is 0 Å². The van der Waals surface area contributed by atoms with E-state index in [4.69, 9.17) is 0 Å². The van der Waals surface area contributed by atoms with Gasteiger partial charge in [-0.3, -0.25) is 0 Å². The molecule has 0 radical (unpaired) electrons. The number of nitrogens with one attached hydrogen (secondary N) is 2. The van der Waals surface area contributed by atoms with Gasteiger partial charge in [-0.15, -0.1) is 0 Å². The van der Waals surface area contributed by atoms with E-state index in [1.165, 1.54) is 25.9 Å². The third-order valence-corrected chi connectivity index (χ3v) is 4.94. The number of hydrogen-bond donors (Lipinski definition) is 2. The van der Waals surface area contributed by atoms with Gasteiger partial charge in [0.15, 0.2) is 0 Å². The van der Waals surface area contributed by atoms with Gasteiger partial charge < -0.3 is 10.2 Å². The third-order valence-electron chi connectivity index (χ3n) is 3.51. The summed E-state index contributed by atoms with van der Waals surface area (Å²) in [4.78, 5) is 2.42. The quantitative estimate of drug-likeness (QED) is 0.580. The lowest BCUT2D eigenvalue weighted by Crippen LogP contribution is -2.35. The Bertz CT molecular complexity index is 327. The van der Waals surface area contributed by atoms with Gasteiger partial charge in [0.25, 0.3) is 0 Å². The van der Waals surface area contributed by atoms with Crippen LogP contribution in [0.1, 0.15) is 32.6 Å². The van der Waals surface area contributed by atoms with Crippen molar-refractivity contribution in [1.29, 1.82) is 0 Å². The first-order valence-corrected chi connectivity index (χ1v) is 9.03. The molecule has 5 nitrogen and oxygen atoms in total. The van der Waals surface area contributed by atoms with Gasteiger partial charge in [0.2, 0.25) is 10.0 Å². The molecule has 0 saturated carbocycles. The average Bonchev–Trinajstić information content (AvgIpc) is 2.85. The van der Waals surface area contributed by atoms with Crippen molar-refractivity contribution >= 4 is 10.0 Å². The predicted octanol–water partition coefficient (Wildman–Crippen LogP) is 0.637. The molecule has 1 unspecified atom stereocenters. The first-order valence-electron chi connectivity index (χ1n) is 7.38. The highest BCUT2D eigenvalue weighted by Gasteiger charge is 2.16. The molecular formula is C13H29N3O2S. The summed E-state index contributed by atoms with van der Waals surface area (Å²) < 4.78 is 26.3. The minimum Gasteiger partial charge on any atom is -0.320 e. The molecule has 0 spiro atoms. The molecule has 2 N–H and O–H groups in total. The standard InChI is InChI=1S/C13H29N3O2S/c1-13(12-16-8-4-5-9-16)11-15-19(17,18)10-6-3-7-14-2/h13-15H,3-12H2,1-2H3. The Morgan fingerprint density at radius 2 is 1.89 bits per heavy atom. The Hall–Kier alpha value is -0.170. The molecule has 1 rings (SSSR count).